The zero-order valence-electron chi connectivity index (χ0n) is 6.66. The van der Waals surface area contributed by atoms with Crippen LogP contribution >= 0.6 is 0 Å². The van der Waals surface area contributed by atoms with Crippen LogP contribution in [0.25, 0.3) is 0 Å². The van der Waals surface area contributed by atoms with Gasteiger partial charge in [-0.2, -0.15) is 0 Å². The second-order valence-corrected chi connectivity index (χ2v) is 3.05. The summed E-state index contributed by atoms with van der Waals surface area (Å²) in [5, 5.41) is 0. The molecule has 1 saturated carbocycles. The Labute approximate surface area is 66.9 Å². The van der Waals surface area contributed by atoms with Crippen LogP contribution < -0.4 is 5.73 Å². The van der Waals surface area contributed by atoms with Crippen molar-refractivity contribution in [2.45, 2.75) is 31.8 Å². The lowest BCUT2D eigenvalue weighted by atomic mass is 9.86. The summed E-state index contributed by atoms with van der Waals surface area (Å²) in [4.78, 5) is 10.1. The average Bonchev–Trinajstić information content (AvgIpc) is 2.06. The van der Waals surface area contributed by atoms with Crippen LogP contribution in [-0.2, 0) is 9.53 Å². The van der Waals surface area contributed by atoms with Gasteiger partial charge in [-0.1, -0.05) is 6.42 Å². The van der Waals surface area contributed by atoms with E-state index in [1.165, 1.54) is 6.42 Å². The van der Waals surface area contributed by atoms with E-state index in [-0.39, 0.29) is 6.10 Å². The van der Waals surface area contributed by atoms with Gasteiger partial charge in [0.05, 0.1) is 0 Å². The van der Waals surface area contributed by atoms with E-state index in [9.17, 15) is 4.79 Å². The highest BCUT2D eigenvalue weighted by molar-refractivity contribution is 5.37. The van der Waals surface area contributed by atoms with Crippen molar-refractivity contribution in [3.05, 3.63) is 0 Å². The van der Waals surface area contributed by atoms with Crippen molar-refractivity contribution in [2.24, 2.45) is 11.7 Å². The summed E-state index contributed by atoms with van der Waals surface area (Å²) in [5.74, 6) is 0.397. The van der Waals surface area contributed by atoms with Gasteiger partial charge in [0.1, 0.15) is 6.10 Å². The largest absolute Gasteiger partial charge is 0.464 e. The molecule has 0 saturated heterocycles. The number of nitrogens with two attached hydrogens (primary N) is 1. The lowest BCUT2D eigenvalue weighted by Gasteiger charge is -2.28. The molecule has 3 nitrogen and oxygen atoms in total. The Morgan fingerprint density at radius 1 is 1.45 bits per heavy atom. The topological polar surface area (TPSA) is 52.3 Å². The van der Waals surface area contributed by atoms with Crippen LogP contribution in [0.15, 0.2) is 0 Å². The quantitative estimate of drug-likeness (QED) is 0.613. The minimum atomic E-state index is 0.0891. The molecule has 0 bridgehead atoms. The van der Waals surface area contributed by atoms with Gasteiger partial charge in [-0.3, -0.25) is 4.79 Å². The van der Waals surface area contributed by atoms with Gasteiger partial charge in [0, 0.05) is 5.92 Å². The van der Waals surface area contributed by atoms with Crippen molar-refractivity contribution in [3.8, 4) is 0 Å². The van der Waals surface area contributed by atoms with Crippen molar-refractivity contribution >= 4 is 6.47 Å². The van der Waals surface area contributed by atoms with Crippen LogP contribution in [0.1, 0.15) is 25.7 Å². The summed E-state index contributed by atoms with van der Waals surface area (Å²) in [6.07, 6.45) is 4.57. The zero-order chi connectivity index (χ0) is 8.10. The van der Waals surface area contributed by atoms with Gasteiger partial charge in [-0.15, -0.1) is 0 Å². The van der Waals surface area contributed by atoms with E-state index >= 15 is 0 Å². The second-order valence-electron chi connectivity index (χ2n) is 3.05. The molecule has 1 aliphatic rings. The van der Waals surface area contributed by atoms with E-state index < -0.39 is 0 Å². The second kappa shape index (κ2) is 4.34. The Hall–Kier alpha value is -0.570. The number of carbonyl (C=O) groups is 1. The van der Waals surface area contributed by atoms with E-state index in [0.29, 0.717) is 18.9 Å². The Morgan fingerprint density at radius 2 is 2.18 bits per heavy atom. The first-order valence-corrected chi connectivity index (χ1v) is 4.17. The predicted octanol–water partition coefficient (Wildman–Crippen LogP) is 0.677. The molecule has 1 aliphatic carbocycles. The minimum absolute atomic E-state index is 0.0891. The fourth-order valence-corrected chi connectivity index (χ4v) is 1.69. The summed E-state index contributed by atoms with van der Waals surface area (Å²) in [7, 11) is 0. The highest BCUT2D eigenvalue weighted by Gasteiger charge is 2.24. The van der Waals surface area contributed by atoms with Crippen LogP contribution in [0.2, 0.25) is 0 Å². The number of hydrogen-bond donors (Lipinski definition) is 1. The van der Waals surface area contributed by atoms with Crippen LogP contribution in [0.5, 0.6) is 0 Å². The lowest BCUT2D eigenvalue weighted by molar-refractivity contribution is -0.137. The average molecular weight is 157 g/mol. The predicted molar refractivity (Wildman–Crippen MR) is 41.9 cm³/mol. The molecule has 1 fully saturated rings. The maximum absolute atomic E-state index is 10.1. The Morgan fingerprint density at radius 3 is 2.82 bits per heavy atom. The molecule has 0 heterocycles. The van der Waals surface area contributed by atoms with Gasteiger partial charge in [0.15, 0.2) is 0 Å². The molecule has 0 amide bonds. The molecular formula is C8H15NO2. The third-order valence-corrected chi connectivity index (χ3v) is 2.37. The molecule has 0 aromatic rings. The molecule has 2 atom stereocenters. The molecule has 1 rings (SSSR count). The van der Waals surface area contributed by atoms with Crippen LogP contribution in [0.4, 0.5) is 0 Å². The standard InChI is InChI=1S/C8H15NO2/c9-5-7-3-1-2-4-8(7)11-6-10/h6-8H,1-5,9H2. The van der Waals surface area contributed by atoms with E-state index in [1.807, 2.05) is 0 Å². The first-order chi connectivity index (χ1) is 5.38. The van der Waals surface area contributed by atoms with Crippen molar-refractivity contribution in [3.63, 3.8) is 0 Å². The summed E-state index contributed by atoms with van der Waals surface area (Å²) in [5.41, 5.74) is 5.53. The molecular weight excluding hydrogens is 142 g/mol. The first kappa shape index (κ1) is 8.53. The third-order valence-electron chi connectivity index (χ3n) is 2.37. The van der Waals surface area contributed by atoms with Crippen molar-refractivity contribution in [1.29, 1.82) is 0 Å². The summed E-state index contributed by atoms with van der Waals surface area (Å²) >= 11 is 0. The van der Waals surface area contributed by atoms with Crippen LogP contribution in [0, 0.1) is 5.92 Å². The molecule has 0 radical (unpaired) electrons. The minimum Gasteiger partial charge on any atom is -0.464 e. The Kier molecular flexibility index (Phi) is 3.36. The number of hydrogen-bond acceptors (Lipinski definition) is 3. The number of carbonyl (C=O) groups excluding carboxylic acids is 1. The van der Waals surface area contributed by atoms with Gasteiger partial charge in [-0.25, -0.2) is 0 Å². The Bertz CT molecular complexity index is 127. The summed E-state index contributed by atoms with van der Waals surface area (Å²) in [6, 6.07) is 0. The molecule has 0 aliphatic heterocycles. The molecule has 2 unspecified atom stereocenters. The zero-order valence-corrected chi connectivity index (χ0v) is 6.66. The molecule has 2 N–H and O–H groups in total. The van der Waals surface area contributed by atoms with Crippen LogP contribution in [0.3, 0.4) is 0 Å². The van der Waals surface area contributed by atoms with Crippen molar-refractivity contribution in [1.82, 2.24) is 0 Å². The highest BCUT2D eigenvalue weighted by Crippen LogP contribution is 2.25. The normalized spacial score (nSPS) is 31.4. The molecule has 11 heavy (non-hydrogen) atoms. The third kappa shape index (κ3) is 2.19. The first-order valence-electron chi connectivity index (χ1n) is 4.17. The SMILES string of the molecule is NCC1CCCCC1OC=O. The van der Waals surface area contributed by atoms with Gasteiger partial charge in [-0.05, 0) is 25.8 Å². The highest BCUT2D eigenvalue weighted by atomic mass is 16.5. The molecule has 0 aromatic carbocycles. The van der Waals surface area contributed by atoms with Gasteiger partial charge < -0.3 is 10.5 Å². The fourth-order valence-electron chi connectivity index (χ4n) is 1.69. The number of ether oxygens (including phenoxy) is 1. The van der Waals surface area contributed by atoms with Crippen LogP contribution in [-0.4, -0.2) is 19.1 Å². The van der Waals surface area contributed by atoms with E-state index in [2.05, 4.69) is 0 Å². The number of rotatable bonds is 3. The summed E-state index contributed by atoms with van der Waals surface area (Å²) < 4.78 is 4.93. The summed E-state index contributed by atoms with van der Waals surface area (Å²) in [6.45, 7) is 1.18. The molecule has 0 aromatic heterocycles. The molecule has 64 valence electrons. The maximum atomic E-state index is 10.1. The van der Waals surface area contributed by atoms with Gasteiger partial charge in [0.25, 0.3) is 6.47 Å². The fraction of sp³-hybridized carbons (Fsp3) is 0.875. The van der Waals surface area contributed by atoms with E-state index in [0.717, 1.165) is 19.3 Å². The van der Waals surface area contributed by atoms with E-state index in [1.54, 1.807) is 0 Å². The van der Waals surface area contributed by atoms with Crippen molar-refractivity contribution < 1.29 is 9.53 Å². The van der Waals surface area contributed by atoms with Gasteiger partial charge in [0.2, 0.25) is 0 Å². The van der Waals surface area contributed by atoms with Gasteiger partial charge >= 0.3 is 0 Å². The lowest BCUT2D eigenvalue weighted by Crippen LogP contribution is -2.32. The maximum Gasteiger partial charge on any atom is 0.293 e. The monoisotopic (exact) mass is 157 g/mol. The van der Waals surface area contributed by atoms with Crippen molar-refractivity contribution in [2.75, 3.05) is 6.54 Å². The Balaban J connectivity index is 2.37. The smallest absolute Gasteiger partial charge is 0.293 e. The van der Waals surface area contributed by atoms with E-state index in [4.69, 9.17) is 10.5 Å². The molecule has 3 heteroatoms. The molecule has 0 spiro atoms.